The van der Waals surface area contributed by atoms with E-state index in [0.29, 0.717) is 24.0 Å². The number of amides is 1. The quantitative estimate of drug-likeness (QED) is 0.833. The molecule has 7 nitrogen and oxygen atoms in total. The number of carboxylic acids is 1. The average Bonchev–Trinajstić information content (AvgIpc) is 2.38. The molecule has 0 radical (unpaired) electrons. The van der Waals surface area contributed by atoms with Gasteiger partial charge in [0.15, 0.2) is 0 Å². The van der Waals surface area contributed by atoms with Crippen molar-refractivity contribution in [2.24, 2.45) is 11.7 Å². The summed E-state index contributed by atoms with van der Waals surface area (Å²) < 4.78 is 0. The van der Waals surface area contributed by atoms with Gasteiger partial charge in [-0.05, 0) is 25.7 Å². The number of aromatic nitrogens is 2. The van der Waals surface area contributed by atoms with Gasteiger partial charge < -0.3 is 15.7 Å². The molecule has 0 unspecified atom stereocenters. The molecule has 0 aliphatic carbocycles. The highest BCUT2D eigenvalue weighted by Gasteiger charge is 2.23. The molecule has 1 aliphatic rings. The standard InChI is InChI=1S/C13H18N4O3/c1-8-10(12(19)20)7-15-13(16-8)17-4-2-9(3-5-17)6-11(14)18/h7,9H,2-6H2,1H3,(H2,14,18)(H,19,20). The SMILES string of the molecule is Cc1nc(N2CCC(CC(N)=O)CC2)ncc1C(=O)O. The second kappa shape index (κ2) is 5.85. The van der Waals surface area contributed by atoms with Crippen molar-refractivity contribution in [3.05, 3.63) is 17.5 Å². The van der Waals surface area contributed by atoms with Gasteiger partial charge in [-0.2, -0.15) is 0 Å². The molecule has 0 spiro atoms. The van der Waals surface area contributed by atoms with Crippen molar-refractivity contribution in [1.29, 1.82) is 0 Å². The minimum atomic E-state index is -1.02. The largest absolute Gasteiger partial charge is 0.478 e. The van der Waals surface area contributed by atoms with Gasteiger partial charge in [-0.3, -0.25) is 4.79 Å². The van der Waals surface area contributed by atoms with Crippen molar-refractivity contribution < 1.29 is 14.7 Å². The zero-order valence-electron chi connectivity index (χ0n) is 11.4. The Kier molecular flexibility index (Phi) is 4.16. The summed E-state index contributed by atoms with van der Waals surface area (Å²) in [6.07, 6.45) is 3.50. The van der Waals surface area contributed by atoms with Crippen LogP contribution in [-0.2, 0) is 4.79 Å². The van der Waals surface area contributed by atoms with Crippen LogP contribution in [0.1, 0.15) is 35.3 Å². The maximum absolute atomic E-state index is 10.9. The van der Waals surface area contributed by atoms with Crippen LogP contribution in [0.4, 0.5) is 5.95 Å². The highest BCUT2D eigenvalue weighted by atomic mass is 16.4. The summed E-state index contributed by atoms with van der Waals surface area (Å²) in [6.45, 7) is 3.17. The number of aromatic carboxylic acids is 1. The fraction of sp³-hybridized carbons (Fsp3) is 0.538. The second-order valence-corrected chi connectivity index (χ2v) is 5.08. The molecule has 1 fully saturated rings. The molecule has 2 rings (SSSR count). The van der Waals surface area contributed by atoms with Gasteiger partial charge >= 0.3 is 5.97 Å². The van der Waals surface area contributed by atoms with E-state index in [4.69, 9.17) is 10.8 Å². The number of nitrogens with two attached hydrogens (primary N) is 1. The number of carbonyl (C=O) groups is 2. The fourth-order valence-electron chi connectivity index (χ4n) is 2.44. The van der Waals surface area contributed by atoms with E-state index in [2.05, 4.69) is 9.97 Å². The van der Waals surface area contributed by atoms with Crippen LogP contribution in [0.2, 0.25) is 0 Å². The first-order chi connectivity index (χ1) is 9.47. The van der Waals surface area contributed by atoms with E-state index in [1.807, 2.05) is 4.90 Å². The third-order valence-corrected chi connectivity index (χ3v) is 3.58. The lowest BCUT2D eigenvalue weighted by atomic mass is 9.93. The zero-order valence-corrected chi connectivity index (χ0v) is 11.4. The van der Waals surface area contributed by atoms with Gasteiger partial charge in [-0.1, -0.05) is 0 Å². The molecule has 1 aromatic rings. The summed E-state index contributed by atoms with van der Waals surface area (Å²) in [7, 11) is 0. The Balaban J connectivity index is 2.02. The Morgan fingerprint density at radius 2 is 2.10 bits per heavy atom. The number of nitrogens with zero attached hydrogens (tertiary/aromatic N) is 3. The van der Waals surface area contributed by atoms with Crippen LogP contribution in [0.15, 0.2) is 6.20 Å². The number of rotatable bonds is 4. The minimum Gasteiger partial charge on any atom is -0.478 e. The normalized spacial score (nSPS) is 16.1. The Morgan fingerprint density at radius 3 is 2.60 bits per heavy atom. The molecule has 0 bridgehead atoms. The zero-order chi connectivity index (χ0) is 14.7. The van der Waals surface area contributed by atoms with Gasteiger partial charge in [-0.15, -0.1) is 0 Å². The van der Waals surface area contributed by atoms with E-state index in [1.54, 1.807) is 6.92 Å². The van der Waals surface area contributed by atoms with E-state index in [9.17, 15) is 9.59 Å². The Bertz CT molecular complexity index is 524. The second-order valence-electron chi connectivity index (χ2n) is 5.08. The van der Waals surface area contributed by atoms with Gasteiger partial charge in [-0.25, -0.2) is 14.8 Å². The predicted molar refractivity (Wildman–Crippen MR) is 72.5 cm³/mol. The summed E-state index contributed by atoms with van der Waals surface area (Å²) in [5.74, 6) is -0.413. The number of carboxylic acid groups (broad SMARTS) is 1. The molecule has 1 saturated heterocycles. The van der Waals surface area contributed by atoms with Crippen molar-refractivity contribution in [3.63, 3.8) is 0 Å². The third kappa shape index (κ3) is 3.23. The monoisotopic (exact) mass is 278 g/mol. The number of primary amides is 1. The molecule has 108 valence electrons. The van der Waals surface area contributed by atoms with E-state index in [-0.39, 0.29) is 11.5 Å². The molecule has 3 N–H and O–H groups in total. The number of piperidine rings is 1. The van der Waals surface area contributed by atoms with Gasteiger partial charge in [0.1, 0.15) is 0 Å². The highest BCUT2D eigenvalue weighted by molar-refractivity contribution is 5.88. The predicted octanol–water partition coefficient (Wildman–Crippen LogP) is 0.575. The van der Waals surface area contributed by atoms with Crippen LogP contribution in [0, 0.1) is 12.8 Å². The summed E-state index contributed by atoms with van der Waals surface area (Å²) in [6, 6.07) is 0. The number of aryl methyl sites for hydroxylation is 1. The first-order valence-electron chi connectivity index (χ1n) is 6.57. The van der Waals surface area contributed by atoms with Crippen LogP contribution >= 0.6 is 0 Å². The number of hydrogen-bond donors (Lipinski definition) is 2. The van der Waals surface area contributed by atoms with Crippen LogP contribution < -0.4 is 10.6 Å². The Labute approximate surface area is 116 Å². The van der Waals surface area contributed by atoms with E-state index < -0.39 is 5.97 Å². The van der Waals surface area contributed by atoms with Crippen molar-refractivity contribution in [3.8, 4) is 0 Å². The van der Waals surface area contributed by atoms with Crippen molar-refractivity contribution in [2.75, 3.05) is 18.0 Å². The van der Waals surface area contributed by atoms with E-state index in [1.165, 1.54) is 6.20 Å². The van der Waals surface area contributed by atoms with Crippen molar-refractivity contribution in [1.82, 2.24) is 9.97 Å². The summed E-state index contributed by atoms with van der Waals surface area (Å²) >= 11 is 0. The molecule has 7 heteroatoms. The summed E-state index contributed by atoms with van der Waals surface area (Å²) in [5, 5.41) is 8.95. The topological polar surface area (TPSA) is 109 Å². The first-order valence-corrected chi connectivity index (χ1v) is 6.57. The van der Waals surface area contributed by atoms with Gasteiger partial charge in [0.2, 0.25) is 11.9 Å². The average molecular weight is 278 g/mol. The summed E-state index contributed by atoms with van der Waals surface area (Å²) in [4.78, 5) is 32.2. The molecule has 2 heterocycles. The fourth-order valence-corrected chi connectivity index (χ4v) is 2.44. The van der Waals surface area contributed by atoms with Crippen LogP contribution in [0.5, 0.6) is 0 Å². The van der Waals surface area contributed by atoms with Crippen molar-refractivity contribution in [2.45, 2.75) is 26.2 Å². The molecule has 1 amide bonds. The van der Waals surface area contributed by atoms with E-state index in [0.717, 1.165) is 25.9 Å². The molecule has 1 aromatic heterocycles. The maximum Gasteiger partial charge on any atom is 0.339 e. The maximum atomic E-state index is 10.9. The summed E-state index contributed by atoms with van der Waals surface area (Å²) in [5.41, 5.74) is 5.78. The van der Waals surface area contributed by atoms with Crippen LogP contribution in [0.25, 0.3) is 0 Å². The minimum absolute atomic E-state index is 0.123. The highest BCUT2D eigenvalue weighted by Crippen LogP contribution is 2.23. The lowest BCUT2D eigenvalue weighted by Crippen LogP contribution is -2.36. The molecular formula is C13H18N4O3. The van der Waals surface area contributed by atoms with Gasteiger partial charge in [0.25, 0.3) is 0 Å². The Morgan fingerprint density at radius 1 is 1.45 bits per heavy atom. The number of hydrogen-bond acceptors (Lipinski definition) is 5. The molecule has 0 saturated carbocycles. The molecule has 20 heavy (non-hydrogen) atoms. The Hall–Kier alpha value is -2.18. The molecule has 0 aromatic carbocycles. The number of carbonyl (C=O) groups excluding carboxylic acids is 1. The van der Waals surface area contributed by atoms with Crippen LogP contribution in [0.3, 0.4) is 0 Å². The lowest BCUT2D eigenvalue weighted by Gasteiger charge is -2.31. The molecule has 1 aliphatic heterocycles. The smallest absolute Gasteiger partial charge is 0.339 e. The van der Waals surface area contributed by atoms with Crippen molar-refractivity contribution >= 4 is 17.8 Å². The van der Waals surface area contributed by atoms with Crippen LogP contribution in [-0.4, -0.2) is 40.0 Å². The first kappa shape index (κ1) is 14.2. The molecular weight excluding hydrogens is 260 g/mol. The third-order valence-electron chi connectivity index (χ3n) is 3.58. The number of anilines is 1. The molecule has 0 atom stereocenters. The van der Waals surface area contributed by atoms with E-state index >= 15 is 0 Å². The lowest BCUT2D eigenvalue weighted by molar-refractivity contribution is -0.119. The van der Waals surface area contributed by atoms with Gasteiger partial charge in [0.05, 0.1) is 11.3 Å². The van der Waals surface area contributed by atoms with Gasteiger partial charge in [0, 0.05) is 25.7 Å².